The average molecular weight is 253 g/mol. The zero-order chi connectivity index (χ0) is 12.1. The second-order valence-electron chi connectivity index (χ2n) is 4.59. The van der Waals surface area contributed by atoms with Gasteiger partial charge in [0.2, 0.25) is 0 Å². The average Bonchev–Trinajstić information content (AvgIpc) is 2.68. The molecule has 1 amide bonds. The van der Waals surface area contributed by atoms with Gasteiger partial charge < -0.3 is 11.1 Å². The van der Waals surface area contributed by atoms with Crippen LogP contribution in [0.3, 0.4) is 0 Å². The highest BCUT2D eigenvalue weighted by atomic mass is 32.1. The summed E-state index contributed by atoms with van der Waals surface area (Å²) in [6.45, 7) is 0. The van der Waals surface area contributed by atoms with E-state index in [1.807, 2.05) is 0 Å². The largest absolute Gasteiger partial charge is 0.375 e. The van der Waals surface area contributed by atoms with Crippen LogP contribution in [-0.2, 0) is 0 Å². The molecule has 0 atom stereocenters. The van der Waals surface area contributed by atoms with Crippen LogP contribution in [0, 0.1) is 0 Å². The number of hydrogen-bond donors (Lipinski definition) is 2. The highest BCUT2D eigenvalue weighted by Gasteiger charge is 2.16. The van der Waals surface area contributed by atoms with Gasteiger partial charge in [-0.15, -0.1) is 11.3 Å². The summed E-state index contributed by atoms with van der Waals surface area (Å²) in [5.74, 6) is -0.0801. The van der Waals surface area contributed by atoms with Crippen molar-refractivity contribution in [1.29, 1.82) is 0 Å². The molecule has 0 bridgehead atoms. The van der Waals surface area contributed by atoms with Gasteiger partial charge in [-0.1, -0.05) is 32.1 Å². The third-order valence-electron chi connectivity index (χ3n) is 3.19. The highest BCUT2D eigenvalue weighted by Crippen LogP contribution is 2.18. The molecule has 1 aliphatic carbocycles. The van der Waals surface area contributed by atoms with Crippen LogP contribution in [0.4, 0.5) is 5.13 Å². The number of hydrogen-bond acceptors (Lipinski definition) is 4. The molecule has 2 rings (SSSR count). The number of thiazole rings is 1. The quantitative estimate of drug-likeness (QED) is 0.851. The molecule has 0 saturated heterocycles. The maximum absolute atomic E-state index is 11.9. The van der Waals surface area contributed by atoms with E-state index in [9.17, 15) is 4.79 Å². The summed E-state index contributed by atoms with van der Waals surface area (Å²) in [5.41, 5.74) is 5.98. The molecule has 1 heterocycles. The predicted molar refractivity (Wildman–Crippen MR) is 70.1 cm³/mol. The van der Waals surface area contributed by atoms with Crippen molar-refractivity contribution in [3.63, 3.8) is 0 Å². The first-order chi connectivity index (χ1) is 8.25. The van der Waals surface area contributed by atoms with E-state index in [1.54, 1.807) is 5.38 Å². The van der Waals surface area contributed by atoms with Crippen molar-refractivity contribution >= 4 is 22.4 Å². The van der Waals surface area contributed by atoms with Crippen LogP contribution in [0.5, 0.6) is 0 Å². The molecule has 1 aliphatic rings. The Hall–Kier alpha value is -1.10. The molecule has 0 aliphatic heterocycles. The minimum atomic E-state index is -0.0801. The van der Waals surface area contributed by atoms with Crippen molar-refractivity contribution in [1.82, 2.24) is 10.3 Å². The molecule has 94 valence electrons. The Morgan fingerprint density at radius 3 is 2.53 bits per heavy atom. The maximum atomic E-state index is 11.9. The molecule has 0 aromatic carbocycles. The Morgan fingerprint density at radius 2 is 1.94 bits per heavy atom. The molecule has 0 unspecified atom stereocenters. The van der Waals surface area contributed by atoms with E-state index >= 15 is 0 Å². The maximum Gasteiger partial charge on any atom is 0.271 e. The van der Waals surface area contributed by atoms with E-state index in [-0.39, 0.29) is 5.91 Å². The molecule has 1 aromatic rings. The topological polar surface area (TPSA) is 68.0 Å². The van der Waals surface area contributed by atoms with Crippen LogP contribution >= 0.6 is 11.3 Å². The normalized spacial score (nSPS) is 18.4. The highest BCUT2D eigenvalue weighted by molar-refractivity contribution is 7.13. The second kappa shape index (κ2) is 6.00. The number of nitrogens with two attached hydrogens (primary N) is 1. The molecule has 0 spiro atoms. The Balaban J connectivity index is 1.88. The van der Waals surface area contributed by atoms with Gasteiger partial charge in [-0.05, 0) is 12.8 Å². The number of nitrogens with one attached hydrogen (secondary N) is 1. The second-order valence-corrected chi connectivity index (χ2v) is 5.48. The fourth-order valence-corrected chi connectivity index (χ4v) is 2.79. The van der Waals surface area contributed by atoms with Gasteiger partial charge in [0.25, 0.3) is 5.91 Å². The predicted octanol–water partition coefficient (Wildman–Crippen LogP) is 2.57. The van der Waals surface area contributed by atoms with E-state index < -0.39 is 0 Å². The molecule has 5 heteroatoms. The SMILES string of the molecule is Nc1nc(C(=O)NC2CCCCCCC2)cs1. The molecule has 3 N–H and O–H groups in total. The fourth-order valence-electron chi connectivity index (χ4n) is 2.25. The number of nitrogen functional groups attached to an aromatic ring is 1. The number of nitrogens with zero attached hydrogens (tertiary/aromatic N) is 1. The Morgan fingerprint density at radius 1 is 1.29 bits per heavy atom. The third kappa shape index (κ3) is 3.70. The van der Waals surface area contributed by atoms with Crippen LogP contribution in [0.25, 0.3) is 0 Å². The number of aromatic nitrogens is 1. The van der Waals surface area contributed by atoms with Gasteiger partial charge in [-0.3, -0.25) is 4.79 Å². The monoisotopic (exact) mass is 253 g/mol. The van der Waals surface area contributed by atoms with Gasteiger partial charge in [-0.25, -0.2) is 4.98 Å². The summed E-state index contributed by atoms with van der Waals surface area (Å²) in [6, 6.07) is 0.311. The number of anilines is 1. The van der Waals surface area contributed by atoms with Crippen molar-refractivity contribution in [3.8, 4) is 0 Å². The van der Waals surface area contributed by atoms with Crippen molar-refractivity contribution in [2.75, 3.05) is 5.73 Å². The zero-order valence-corrected chi connectivity index (χ0v) is 10.8. The minimum absolute atomic E-state index is 0.0801. The van der Waals surface area contributed by atoms with E-state index in [0.29, 0.717) is 16.9 Å². The first-order valence-electron chi connectivity index (χ1n) is 6.27. The molecule has 17 heavy (non-hydrogen) atoms. The molecular formula is C12H19N3OS. The lowest BCUT2D eigenvalue weighted by molar-refractivity contribution is 0.0926. The summed E-state index contributed by atoms with van der Waals surface area (Å²) >= 11 is 1.31. The van der Waals surface area contributed by atoms with Crippen LogP contribution in [0.1, 0.15) is 55.4 Å². The van der Waals surface area contributed by atoms with Gasteiger partial charge in [0, 0.05) is 11.4 Å². The van der Waals surface area contributed by atoms with Crippen LogP contribution in [-0.4, -0.2) is 16.9 Å². The Kier molecular flexibility index (Phi) is 4.36. The minimum Gasteiger partial charge on any atom is -0.375 e. The lowest BCUT2D eigenvalue weighted by atomic mass is 9.97. The lowest BCUT2D eigenvalue weighted by Crippen LogP contribution is -2.35. The van der Waals surface area contributed by atoms with Crippen molar-refractivity contribution in [3.05, 3.63) is 11.1 Å². The summed E-state index contributed by atoms with van der Waals surface area (Å²) < 4.78 is 0. The summed E-state index contributed by atoms with van der Waals surface area (Å²) in [5, 5.41) is 5.23. The Labute approximate surface area is 106 Å². The summed E-state index contributed by atoms with van der Waals surface area (Å²) in [4.78, 5) is 15.9. The number of rotatable bonds is 2. The molecule has 1 saturated carbocycles. The van der Waals surface area contributed by atoms with Gasteiger partial charge in [0.05, 0.1) is 0 Å². The van der Waals surface area contributed by atoms with Gasteiger partial charge in [0.1, 0.15) is 5.69 Å². The lowest BCUT2D eigenvalue weighted by Gasteiger charge is -2.20. The zero-order valence-electron chi connectivity index (χ0n) is 9.95. The first-order valence-corrected chi connectivity index (χ1v) is 7.15. The van der Waals surface area contributed by atoms with Crippen molar-refractivity contribution in [2.45, 2.75) is 51.0 Å². The Bertz CT molecular complexity index is 370. The number of carbonyl (C=O) groups is 1. The van der Waals surface area contributed by atoms with E-state index in [1.165, 1.54) is 43.4 Å². The van der Waals surface area contributed by atoms with E-state index in [0.717, 1.165) is 12.8 Å². The van der Waals surface area contributed by atoms with Crippen LogP contribution in [0.15, 0.2) is 5.38 Å². The summed E-state index contributed by atoms with van der Waals surface area (Å²) in [6.07, 6.45) is 8.51. The van der Waals surface area contributed by atoms with E-state index in [2.05, 4.69) is 10.3 Å². The van der Waals surface area contributed by atoms with Crippen LogP contribution in [0.2, 0.25) is 0 Å². The van der Waals surface area contributed by atoms with Crippen molar-refractivity contribution in [2.24, 2.45) is 0 Å². The molecule has 1 fully saturated rings. The smallest absolute Gasteiger partial charge is 0.271 e. The van der Waals surface area contributed by atoms with E-state index in [4.69, 9.17) is 5.73 Å². The summed E-state index contributed by atoms with van der Waals surface area (Å²) in [7, 11) is 0. The fraction of sp³-hybridized carbons (Fsp3) is 0.667. The number of amides is 1. The van der Waals surface area contributed by atoms with Gasteiger partial charge in [-0.2, -0.15) is 0 Å². The number of carbonyl (C=O) groups excluding carboxylic acids is 1. The third-order valence-corrected chi connectivity index (χ3v) is 3.87. The van der Waals surface area contributed by atoms with Gasteiger partial charge in [0.15, 0.2) is 5.13 Å². The van der Waals surface area contributed by atoms with Crippen molar-refractivity contribution < 1.29 is 4.79 Å². The standard InChI is InChI=1S/C12H19N3OS/c13-12-15-10(8-17-12)11(16)14-9-6-4-2-1-3-5-7-9/h8-9H,1-7H2,(H2,13,15)(H,14,16). The molecule has 1 aromatic heterocycles. The molecule has 4 nitrogen and oxygen atoms in total. The molecule has 0 radical (unpaired) electrons. The van der Waals surface area contributed by atoms with Gasteiger partial charge >= 0.3 is 0 Å². The molecular weight excluding hydrogens is 234 g/mol. The van der Waals surface area contributed by atoms with Crippen LogP contribution < -0.4 is 11.1 Å². The first kappa shape index (κ1) is 12.4.